The molecule has 0 radical (unpaired) electrons. The minimum absolute atomic E-state index is 0.0996. The van der Waals surface area contributed by atoms with Gasteiger partial charge in [0.15, 0.2) is 5.82 Å². The molecule has 1 fully saturated rings. The van der Waals surface area contributed by atoms with Gasteiger partial charge in [-0.05, 0) is 13.0 Å². The minimum atomic E-state index is -0.303. The van der Waals surface area contributed by atoms with E-state index in [1.165, 1.54) is 0 Å². The molecule has 1 atom stereocenters. The molecule has 2 aromatic rings. The summed E-state index contributed by atoms with van der Waals surface area (Å²) >= 11 is 5.82. The maximum absolute atomic E-state index is 12.3. The van der Waals surface area contributed by atoms with Crippen molar-refractivity contribution in [3.63, 3.8) is 0 Å². The molecule has 1 amide bonds. The SMILES string of the molecule is Cc1nc([C@@H]2CN(C(=O)c3cc(Cl)c[nH]3)CCO2)n[nH]1. The number of carbonyl (C=O) groups excluding carboxylic acids is 1. The number of halogens is 1. The topological polar surface area (TPSA) is 86.9 Å². The van der Waals surface area contributed by atoms with E-state index in [2.05, 4.69) is 20.2 Å². The molecule has 1 aliphatic heterocycles. The maximum Gasteiger partial charge on any atom is 0.270 e. The van der Waals surface area contributed by atoms with E-state index in [0.29, 0.717) is 36.2 Å². The van der Waals surface area contributed by atoms with Crippen molar-refractivity contribution in [1.29, 1.82) is 0 Å². The number of morpholine rings is 1. The highest BCUT2D eigenvalue weighted by Crippen LogP contribution is 2.21. The van der Waals surface area contributed by atoms with Crippen LogP contribution in [0.4, 0.5) is 0 Å². The van der Waals surface area contributed by atoms with Crippen molar-refractivity contribution < 1.29 is 9.53 Å². The minimum Gasteiger partial charge on any atom is -0.366 e. The standard InChI is InChI=1S/C12H14ClN5O2/c1-7-15-11(17-16-7)10-6-18(2-3-20-10)12(19)9-4-8(13)5-14-9/h4-5,10,14H,2-3,6H2,1H3,(H,15,16,17)/t10-/m0/s1. The summed E-state index contributed by atoms with van der Waals surface area (Å²) in [7, 11) is 0. The third kappa shape index (κ3) is 2.54. The van der Waals surface area contributed by atoms with E-state index in [1.54, 1.807) is 17.2 Å². The first-order valence-corrected chi connectivity index (χ1v) is 6.65. The number of ether oxygens (including phenoxy) is 1. The quantitative estimate of drug-likeness (QED) is 0.874. The third-order valence-corrected chi connectivity index (χ3v) is 3.35. The van der Waals surface area contributed by atoms with E-state index in [0.717, 1.165) is 5.82 Å². The molecule has 20 heavy (non-hydrogen) atoms. The zero-order valence-corrected chi connectivity index (χ0v) is 11.6. The molecule has 2 N–H and O–H groups in total. The number of aromatic nitrogens is 4. The molecule has 0 aliphatic carbocycles. The normalized spacial score (nSPS) is 19.3. The van der Waals surface area contributed by atoms with E-state index in [-0.39, 0.29) is 12.0 Å². The molecule has 7 nitrogen and oxygen atoms in total. The molecular weight excluding hydrogens is 282 g/mol. The van der Waals surface area contributed by atoms with Crippen molar-refractivity contribution in [3.8, 4) is 0 Å². The summed E-state index contributed by atoms with van der Waals surface area (Å²) in [4.78, 5) is 21.1. The fourth-order valence-corrected chi connectivity index (χ4v) is 2.32. The molecule has 0 spiro atoms. The lowest BCUT2D eigenvalue weighted by molar-refractivity contribution is -0.0268. The zero-order chi connectivity index (χ0) is 14.1. The molecule has 1 aliphatic rings. The van der Waals surface area contributed by atoms with Gasteiger partial charge >= 0.3 is 0 Å². The highest BCUT2D eigenvalue weighted by molar-refractivity contribution is 6.30. The fourth-order valence-electron chi connectivity index (χ4n) is 2.16. The van der Waals surface area contributed by atoms with Gasteiger partial charge in [0.05, 0.1) is 18.2 Å². The van der Waals surface area contributed by atoms with Crippen LogP contribution in [0.15, 0.2) is 12.3 Å². The largest absolute Gasteiger partial charge is 0.366 e. The van der Waals surface area contributed by atoms with Gasteiger partial charge in [0.1, 0.15) is 17.6 Å². The second kappa shape index (κ2) is 5.26. The van der Waals surface area contributed by atoms with Gasteiger partial charge in [-0.2, -0.15) is 5.10 Å². The van der Waals surface area contributed by atoms with E-state index >= 15 is 0 Å². The van der Waals surface area contributed by atoms with E-state index in [4.69, 9.17) is 16.3 Å². The number of nitrogens with one attached hydrogen (secondary N) is 2. The zero-order valence-electron chi connectivity index (χ0n) is 10.9. The Kier molecular flexibility index (Phi) is 3.45. The van der Waals surface area contributed by atoms with Crippen molar-refractivity contribution in [2.24, 2.45) is 0 Å². The van der Waals surface area contributed by atoms with Crippen molar-refractivity contribution in [2.45, 2.75) is 13.0 Å². The van der Waals surface area contributed by atoms with Crippen LogP contribution >= 0.6 is 11.6 Å². The number of amides is 1. The first-order valence-electron chi connectivity index (χ1n) is 6.27. The van der Waals surface area contributed by atoms with Crippen LogP contribution in [0.5, 0.6) is 0 Å². The summed E-state index contributed by atoms with van der Waals surface area (Å²) in [5.74, 6) is 1.20. The molecule has 0 saturated carbocycles. The second-order valence-electron chi connectivity index (χ2n) is 4.62. The van der Waals surface area contributed by atoms with Crippen LogP contribution in [0.3, 0.4) is 0 Å². The van der Waals surface area contributed by atoms with Crippen LogP contribution in [-0.4, -0.2) is 50.7 Å². The van der Waals surface area contributed by atoms with Gasteiger partial charge in [0.2, 0.25) is 0 Å². The van der Waals surface area contributed by atoms with E-state index in [1.807, 2.05) is 6.92 Å². The summed E-state index contributed by atoms with van der Waals surface area (Å²) in [6, 6.07) is 1.62. The Hall–Kier alpha value is -1.86. The number of H-pyrrole nitrogens is 2. The monoisotopic (exact) mass is 295 g/mol. The van der Waals surface area contributed by atoms with Crippen LogP contribution in [0.2, 0.25) is 5.02 Å². The second-order valence-corrected chi connectivity index (χ2v) is 5.06. The Bertz CT molecular complexity index is 623. The van der Waals surface area contributed by atoms with Crippen LogP contribution < -0.4 is 0 Å². The van der Waals surface area contributed by atoms with Gasteiger partial charge in [-0.25, -0.2) is 4.98 Å². The number of rotatable bonds is 2. The van der Waals surface area contributed by atoms with Crippen molar-refractivity contribution in [1.82, 2.24) is 25.1 Å². The molecule has 8 heteroatoms. The molecule has 1 saturated heterocycles. The number of hydrogen-bond donors (Lipinski definition) is 2. The van der Waals surface area contributed by atoms with Crippen LogP contribution in [0.25, 0.3) is 0 Å². The van der Waals surface area contributed by atoms with E-state index < -0.39 is 0 Å². The van der Waals surface area contributed by atoms with Gasteiger partial charge in [0, 0.05) is 12.7 Å². The summed E-state index contributed by atoms with van der Waals surface area (Å²) in [5.41, 5.74) is 0.474. The first-order chi connectivity index (χ1) is 9.63. The number of aryl methyl sites for hydroxylation is 1. The lowest BCUT2D eigenvalue weighted by atomic mass is 10.2. The van der Waals surface area contributed by atoms with E-state index in [9.17, 15) is 4.79 Å². The summed E-state index contributed by atoms with van der Waals surface area (Å²) < 4.78 is 5.62. The average molecular weight is 296 g/mol. The van der Waals surface area contributed by atoms with Gasteiger partial charge in [-0.3, -0.25) is 9.89 Å². The Balaban J connectivity index is 1.73. The Morgan fingerprint density at radius 3 is 3.10 bits per heavy atom. The summed E-state index contributed by atoms with van der Waals surface area (Å²) in [5, 5.41) is 7.38. The predicted octanol–water partition coefficient (Wildman–Crippen LogP) is 1.31. The number of aromatic amines is 2. The van der Waals surface area contributed by atoms with Crippen molar-refractivity contribution >= 4 is 17.5 Å². The molecule has 0 bridgehead atoms. The highest BCUT2D eigenvalue weighted by atomic mass is 35.5. The molecule has 3 heterocycles. The molecule has 3 rings (SSSR count). The van der Waals surface area contributed by atoms with Crippen molar-refractivity contribution in [3.05, 3.63) is 34.6 Å². The van der Waals surface area contributed by atoms with Crippen molar-refractivity contribution in [2.75, 3.05) is 19.7 Å². The predicted molar refractivity (Wildman–Crippen MR) is 71.5 cm³/mol. The maximum atomic E-state index is 12.3. The summed E-state index contributed by atoms with van der Waals surface area (Å²) in [6.07, 6.45) is 1.29. The average Bonchev–Trinajstić information content (AvgIpc) is 3.07. The number of hydrogen-bond acceptors (Lipinski definition) is 4. The fraction of sp³-hybridized carbons (Fsp3) is 0.417. The van der Waals surface area contributed by atoms with Gasteiger partial charge in [-0.15, -0.1) is 0 Å². The smallest absolute Gasteiger partial charge is 0.270 e. The number of nitrogens with zero attached hydrogens (tertiary/aromatic N) is 3. The third-order valence-electron chi connectivity index (χ3n) is 3.13. The molecular formula is C12H14ClN5O2. The lowest BCUT2D eigenvalue weighted by Crippen LogP contribution is -2.42. The highest BCUT2D eigenvalue weighted by Gasteiger charge is 2.28. The lowest BCUT2D eigenvalue weighted by Gasteiger charge is -2.31. The molecule has 106 valence electrons. The Morgan fingerprint density at radius 2 is 2.45 bits per heavy atom. The molecule has 0 aromatic carbocycles. The van der Waals surface area contributed by atoms with Crippen LogP contribution in [0, 0.1) is 6.92 Å². The van der Waals surface area contributed by atoms with Crippen LogP contribution in [-0.2, 0) is 4.74 Å². The number of carbonyl (C=O) groups is 1. The van der Waals surface area contributed by atoms with Crippen LogP contribution in [0.1, 0.15) is 28.2 Å². The first kappa shape index (κ1) is 13.1. The Labute approximate surface area is 120 Å². The molecule has 2 aromatic heterocycles. The van der Waals surface area contributed by atoms with Gasteiger partial charge < -0.3 is 14.6 Å². The molecule has 0 unspecified atom stereocenters. The summed E-state index contributed by atoms with van der Waals surface area (Å²) in [6.45, 7) is 3.24. The van der Waals surface area contributed by atoms with Gasteiger partial charge in [0.25, 0.3) is 5.91 Å². The Morgan fingerprint density at radius 1 is 1.60 bits per heavy atom. The van der Waals surface area contributed by atoms with Gasteiger partial charge in [-0.1, -0.05) is 11.6 Å².